The van der Waals surface area contributed by atoms with Gasteiger partial charge in [-0.25, -0.2) is 4.39 Å². The second-order valence-electron chi connectivity index (χ2n) is 2.75. The summed E-state index contributed by atoms with van der Waals surface area (Å²) in [5, 5.41) is -0.454. The summed E-state index contributed by atoms with van der Waals surface area (Å²) in [6, 6.07) is 2.38. The van der Waals surface area contributed by atoms with Crippen LogP contribution < -0.4 is 0 Å². The van der Waals surface area contributed by atoms with Crippen molar-refractivity contribution in [3.8, 4) is 0 Å². The summed E-state index contributed by atoms with van der Waals surface area (Å²) in [6.45, 7) is 0.750. The summed E-state index contributed by atoms with van der Waals surface area (Å²) in [4.78, 5) is 10.6. The van der Waals surface area contributed by atoms with Crippen molar-refractivity contribution < 1.29 is 18.0 Å². The minimum atomic E-state index is -3.66. The third kappa shape index (κ3) is 1.90. The van der Waals surface area contributed by atoms with Gasteiger partial charge in [-0.05, 0) is 18.2 Å². The van der Waals surface area contributed by atoms with E-state index in [4.69, 9.17) is 11.6 Å². The van der Waals surface area contributed by atoms with Gasteiger partial charge in [-0.1, -0.05) is 11.6 Å². The molecule has 5 heteroatoms. The van der Waals surface area contributed by atoms with Crippen LogP contribution in [0.15, 0.2) is 18.2 Å². The molecule has 0 atom stereocenters. The lowest BCUT2D eigenvalue weighted by atomic mass is 10.1. The van der Waals surface area contributed by atoms with Crippen LogP contribution >= 0.6 is 11.6 Å². The first-order valence-electron chi connectivity index (χ1n) is 3.70. The van der Waals surface area contributed by atoms with Gasteiger partial charge in [0.1, 0.15) is 5.82 Å². The number of alkyl halides is 2. The maximum Gasteiger partial charge on any atom is 0.331 e. The standard InChI is InChI=1S/C9H6ClF3O/c1-5(14)9(12,13)7-3-2-6(11)4-8(7)10/h2-4H,1H3. The molecule has 0 aliphatic carbocycles. The Hall–Kier alpha value is -1.03. The molecule has 0 radical (unpaired) electrons. The van der Waals surface area contributed by atoms with Gasteiger partial charge < -0.3 is 0 Å². The molecule has 14 heavy (non-hydrogen) atoms. The average Bonchev–Trinajstić information content (AvgIpc) is 2.02. The molecule has 0 unspecified atom stereocenters. The predicted molar refractivity (Wildman–Crippen MR) is 46.0 cm³/mol. The van der Waals surface area contributed by atoms with Crippen LogP contribution in [0.4, 0.5) is 13.2 Å². The third-order valence-electron chi connectivity index (χ3n) is 1.71. The Morgan fingerprint density at radius 3 is 2.43 bits per heavy atom. The summed E-state index contributed by atoms with van der Waals surface area (Å²) < 4.78 is 38.8. The van der Waals surface area contributed by atoms with E-state index in [1.165, 1.54) is 0 Å². The minimum Gasteiger partial charge on any atom is -0.293 e. The fourth-order valence-corrected chi connectivity index (χ4v) is 1.22. The summed E-state index contributed by atoms with van der Waals surface area (Å²) in [6.07, 6.45) is 0. The largest absolute Gasteiger partial charge is 0.331 e. The summed E-state index contributed by atoms with van der Waals surface area (Å²) in [7, 11) is 0. The van der Waals surface area contributed by atoms with E-state index in [9.17, 15) is 18.0 Å². The average molecular weight is 223 g/mol. The van der Waals surface area contributed by atoms with E-state index in [1.54, 1.807) is 0 Å². The molecule has 0 saturated carbocycles. The molecule has 1 aromatic rings. The van der Waals surface area contributed by atoms with Gasteiger partial charge in [-0.15, -0.1) is 0 Å². The quantitative estimate of drug-likeness (QED) is 0.751. The molecule has 0 aliphatic rings. The maximum absolute atomic E-state index is 13.1. The lowest BCUT2D eigenvalue weighted by Crippen LogP contribution is -2.23. The first kappa shape index (κ1) is 11.0. The Bertz CT molecular complexity index is 376. The van der Waals surface area contributed by atoms with Crippen LogP contribution in [0.2, 0.25) is 5.02 Å². The molecular weight excluding hydrogens is 217 g/mol. The van der Waals surface area contributed by atoms with Gasteiger partial charge in [-0.2, -0.15) is 8.78 Å². The van der Waals surface area contributed by atoms with Crippen LogP contribution in [0.25, 0.3) is 0 Å². The molecule has 0 spiro atoms. The number of Topliss-reactive ketones (excluding diaryl/α,β-unsaturated/α-hetero) is 1. The first-order valence-corrected chi connectivity index (χ1v) is 4.08. The third-order valence-corrected chi connectivity index (χ3v) is 2.02. The topological polar surface area (TPSA) is 17.1 Å². The highest BCUT2D eigenvalue weighted by Gasteiger charge is 2.39. The Labute approximate surface area is 83.5 Å². The Kier molecular flexibility index (Phi) is 2.85. The van der Waals surface area contributed by atoms with Gasteiger partial charge in [0, 0.05) is 12.5 Å². The first-order chi connectivity index (χ1) is 6.35. The van der Waals surface area contributed by atoms with Crippen LogP contribution in [0.1, 0.15) is 12.5 Å². The summed E-state index contributed by atoms with van der Waals surface area (Å²) in [5.41, 5.74) is -0.673. The van der Waals surface area contributed by atoms with E-state index < -0.39 is 28.1 Å². The van der Waals surface area contributed by atoms with Gasteiger partial charge in [0.25, 0.3) is 0 Å². The lowest BCUT2D eigenvalue weighted by Gasteiger charge is -2.14. The minimum absolute atomic E-state index is 0.454. The van der Waals surface area contributed by atoms with Crippen molar-refractivity contribution in [2.75, 3.05) is 0 Å². The molecule has 76 valence electrons. The van der Waals surface area contributed by atoms with E-state index in [2.05, 4.69) is 0 Å². The molecule has 0 bridgehead atoms. The lowest BCUT2D eigenvalue weighted by molar-refractivity contribution is -0.141. The normalized spacial score (nSPS) is 11.5. The molecule has 1 rings (SSSR count). The fraction of sp³-hybridized carbons (Fsp3) is 0.222. The van der Waals surface area contributed by atoms with Crippen LogP contribution in [0, 0.1) is 5.82 Å². The van der Waals surface area contributed by atoms with E-state index in [0.29, 0.717) is 0 Å². The van der Waals surface area contributed by atoms with Gasteiger partial charge in [0.2, 0.25) is 5.78 Å². The predicted octanol–water partition coefficient (Wildman–Crippen LogP) is 3.16. The Morgan fingerprint density at radius 1 is 1.43 bits per heavy atom. The molecule has 0 N–H and O–H groups in total. The van der Waals surface area contributed by atoms with Gasteiger partial charge in [-0.3, -0.25) is 4.79 Å². The van der Waals surface area contributed by atoms with E-state index in [1.807, 2.05) is 0 Å². The molecule has 0 aromatic heterocycles. The highest BCUT2D eigenvalue weighted by molar-refractivity contribution is 6.31. The van der Waals surface area contributed by atoms with Crippen LogP contribution in [-0.2, 0) is 10.7 Å². The highest BCUT2D eigenvalue weighted by atomic mass is 35.5. The number of carbonyl (C=O) groups is 1. The molecular formula is C9H6ClF3O. The highest BCUT2D eigenvalue weighted by Crippen LogP contribution is 2.34. The van der Waals surface area contributed by atoms with Crippen molar-refractivity contribution >= 4 is 17.4 Å². The Morgan fingerprint density at radius 2 is 2.00 bits per heavy atom. The number of benzene rings is 1. The van der Waals surface area contributed by atoms with Crippen molar-refractivity contribution in [2.24, 2.45) is 0 Å². The van der Waals surface area contributed by atoms with Crippen molar-refractivity contribution in [2.45, 2.75) is 12.8 Å². The zero-order valence-electron chi connectivity index (χ0n) is 7.15. The fourth-order valence-electron chi connectivity index (χ4n) is 0.934. The van der Waals surface area contributed by atoms with Crippen molar-refractivity contribution in [3.05, 3.63) is 34.6 Å². The van der Waals surface area contributed by atoms with Crippen LogP contribution in [-0.4, -0.2) is 5.78 Å². The molecule has 0 fully saturated rings. The smallest absolute Gasteiger partial charge is 0.293 e. The van der Waals surface area contributed by atoms with E-state index in [-0.39, 0.29) is 0 Å². The van der Waals surface area contributed by atoms with Gasteiger partial charge >= 0.3 is 5.92 Å². The number of hydrogen-bond acceptors (Lipinski definition) is 1. The SMILES string of the molecule is CC(=O)C(F)(F)c1ccc(F)cc1Cl. The number of ketones is 1. The van der Waals surface area contributed by atoms with Gasteiger partial charge in [0.15, 0.2) is 0 Å². The summed E-state index contributed by atoms with van der Waals surface area (Å²) in [5.74, 6) is -5.71. The molecule has 1 aromatic carbocycles. The molecule has 1 nitrogen and oxygen atoms in total. The maximum atomic E-state index is 13.1. The second kappa shape index (κ2) is 3.61. The summed E-state index contributed by atoms with van der Waals surface area (Å²) >= 11 is 5.39. The zero-order chi connectivity index (χ0) is 10.9. The van der Waals surface area contributed by atoms with Crippen molar-refractivity contribution in [3.63, 3.8) is 0 Å². The van der Waals surface area contributed by atoms with Crippen LogP contribution in [0.5, 0.6) is 0 Å². The second-order valence-corrected chi connectivity index (χ2v) is 3.16. The van der Waals surface area contributed by atoms with E-state index >= 15 is 0 Å². The van der Waals surface area contributed by atoms with Gasteiger partial charge in [0.05, 0.1) is 5.02 Å². The van der Waals surface area contributed by atoms with Crippen molar-refractivity contribution in [1.82, 2.24) is 0 Å². The van der Waals surface area contributed by atoms with Crippen molar-refractivity contribution in [1.29, 1.82) is 0 Å². The Balaban J connectivity index is 3.26. The number of halogens is 4. The molecule has 0 saturated heterocycles. The molecule has 0 aliphatic heterocycles. The number of rotatable bonds is 2. The zero-order valence-corrected chi connectivity index (χ0v) is 7.91. The monoisotopic (exact) mass is 222 g/mol. The van der Waals surface area contributed by atoms with E-state index in [0.717, 1.165) is 25.1 Å². The number of hydrogen-bond donors (Lipinski definition) is 0. The molecule has 0 heterocycles. The number of carbonyl (C=O) groups excluding carboxylic acids is 1. The van der Waals surface area contributed by atoms with Crippen LogP contribution in [0.3, 0.4) is 0 Å². The molecule has 0 amide bonds.